The molecule has 0 radical (unpaired) electrons. The standard InChI is InChI=1S/C21H31N3O2S.CH2O2/c1-4-15(25)11-13-5-10-17-18(13)19-20(22-12-23-21(19)27-17)26-16-8-6-14(7-9-16)24(2)3;2-1-3/h12-16,25H,4-11H2,1-3H3;1H,(H,2,3)/t13-,14?,15+,16?;/m1./s1. The molecule has 0 aromatic carbocycles. The topological polar surface area (TPSA) is 95.8 Å². The molecular formula is C22H33N3O4S. The van der Waals surface area contributed by atoms with E-state index in [0.29, 0.717) is 12.0 Å². The minimum atomic E-state index is -0.250. The smallest absolute Gasteiger partial charge is 0.290 e. The Balaban J connectivity index is 0.000000806. The average molecular weight is 436 g/mol. The third-order valence-electron chi connectivity index (χ3n) is 6.38. The van der Waals surface area contributed by atoms with Crippen LogP contribution in [0.2, 0.25) is 0 Å². The van der Waals surface area contributed by atoms with Crippen molar-refractivity contribution in [1.29, 1.82) is 0 Å². The van der Waals surface area contributed by atoms with Crippen molar-refractivity contribution in [3.8, 4) is 5.88 Å². The van der Waals surface area contributed by atoms with Crippen molar-refractivity contribution in [3.63, 3.8) is 0 Å². The summed E-state index contributed by atoms with van der Waals surface area (Å²) < 4.78 is 6.43. The SMILES string of the molecule is CC[C@H](O)C[C@H]1CCc2sc3ncnc(OC4CCC(N(C)C)CC4)c3c21.O=CO. The van der Waals surface area contributed by atoms with E-state index in [1.807, 2.05) is 6.92 Å². The van der Waals surface area contributed by atoms with E-state index < -0.39 is 0 Å². The van der Waals surface area contributed by atoms with Gasteiger partial charge in [-0.2, -0.15) is 0 Å². The summed E-state index contributed by atoms with van der Waals surface area (Å²) in [5.41, 5.74) is 1.36. The molecule has 2 aliphatic carbocycles. The number of carbonyl (C=O) groups is 1. The van der Waals surface area contributed by atoms with E-state index in [4.69, 9.17) is 14.6 Å². The van der Waals surface area contributed by atoms with Crippen molar-refractivity contribution in [1.82, 2.24) is 14.9 Å². The molecule has 2 N–H and O–H groups in total. The molecule has 1 fully saturated rings. The first kappa shape index (κ1) is 22.9. The monoisotopic (exact) mass is 435 g/mol. The Bertz CT molecular complexity index is 833. The van der Waals surface area contributed by atoms with Crippen molar-refractivity contribution >= 4 is 28.0 Å². The molecule has 8 heteroatoms. The van der Waals surface area contributed by atoms with E-state index in [1.54, 1.807) is 17.7 Å². The first-order chi connectivity index (χ1) is 14.5. The normalized spacial score (nSPS) is 24.2. The second kappa shape index (κ2) is 10.5. The van der Waals surface area contributed by atoms with Crippen LogP contribution in [0.5, 0.6) is 5.88 Å². The third kappa shape index (κ3) is 5.10. The number of carboxylic acid groups (broad SMARTS) is 1. The second-order valence-corrected chi connectivity index (χ2v) is 9.53. The lowest BCUT2D eigenvalue weighted by Gasteiger charge is -2.32. The number of aromatic nitrogens is 2. The van der Waals surface area contributed by atoms with Crippen molar-refractivity contribution in [2.75, 3.05) is 14.1 Å². The van der Waals surface area contributed by atoms with Crippen molar-refractivity contribution < 1.29 is 19.7 Å². The zero-order valence-corrected chi connectivity index (χ0v) is 18.9. The summed E-state index contributed by atoms with van der Waals surface area (Å²) in [4.78, 5) is 22.2. The van der Waals surface area contributed by atoms with Gasteiger partial charge < -0.3 is 19.8 Å². The number of aliphatic hydroxyl groups excluding tert-OH is 1. The number of hydrogen-bond donors (Lipinski definition) is 2. The Morgan fingerprint density at radius 3 is 2.60 bits per heavy atom. The molecular weight excluding hydrogens is 402 g/mol. The first-order valence-electron chi connectivity index (χ1n) is 10.8. The maximum Gasteiger partial charge on any atom is 0.290 e. The fourth-order valence-corrected chi connectivity index (χ4v) is 5.93. The molecule has 0 unspecified atom stereocenters. The highest BCUT2D eigenvalue weighted by Crippen LogP contribution is 2.47. The summed E-state index contributed by atoms with van der Waals surface area (Å²) in [5, 5.41) is 18.2. The number of fused-ring (bicyclic) bond motifs is 3. The maximum absolute atomic E-state index is 10.2. The number of hydrogen-bond acceptors (Lipinski definition) is 7. The van der Waals surface area contributed by atoms with Crippen LogP contribution in [-0.2, 0) is 11.2 Å². The molecule has 166 valence electrons. The summed E-state index contributed by atoms with van der Waals surface area (Å²) >= 11 is 1.79. The van der Waals surface area contributed by atoms with Gasteiger partial charge in [-0.05, 0) is 76.9 Å². The van der Waals surface area contributed by atoms with Crippen LogP contribution in [0.15, 0.2) is 6.33 Å². The summed E-state index contributed by atoms with van der Waals surface area (Å²) in [6.45, 7) is 1.80. The van der Waals surface area contributed by atoms with Crippen LogP contribution in [0.3, 0.4) is 0 Å². The fraction of sp³-hybridized carbons (Fsp3) is 0.682. The van der Waals surface area contributed by atoms with Crippen LogP contribution < -0.4 is 4.74 Å². The first-order valence-corrected chi connectivity index (χ1v) is 11.6. The average Bonchev–Trinajstić information content (AvgIpc) is 3.29. The van der Waals surface area contributed by atoms with Gasteiger partial charge in [0.15, 0.2) is 0 Å². The van der Waals surface area contributed by atoms with Gasteiger partial charge in [0.25, 0.3) is 6.47 Å². The van der Waals surface area contributed by atoms with Crippen molar-refractivity contribution in [2.24, 2.45) is 0 Å². The minimum absolute atomic E-state index is 0.230. The minimum Gasteiger partial charge on any atom is -0.483 e. The quantitative estimate of drug-likeness (QED) is 0.666. The fourth-order valence-electron chi connectivity index (χ4n) is 4.70. The molecule has 30 heavy (non-hydrogen) atoms. The Morgan fingerprint density at radius 2 is 1.97 bits per heavy atom. The Hall–Kier alpha value is -1.77. The number of rotatable bonds is 6. The lowest BCUT2D eigenvalue weighted by atomic mass is 9.92. The van der Waals surface area contributed by atoms with E-state index >= 15 is 0 Å². The van der Waals surface area contributed by atoms with Crippen LogP contribution >= 0.6 is 11.3 Å². The summed E-state index contributed by atoms with van der Waals surface area (Å²) in [6, 6.07) is 0.667. The zero-order valence-electron chi connectivity index (χ0n) is 18.1. The molecule has 4 rings (SSSR count). The summed E-state index contributed by atoms with van der Waals surface area (Å²) in [5.74, 6) is 1.17. The lowest BCUT2D eigenvalue weighted by molar-refractivity contribution is -0.122. The van der Waals surface area contributed by atoms with Crippen molar-refractivity contribution in [3.05, 3.63) is 16.8 Å². The van der Waals surface area contributed by atoms with Crippen LogP contribution in [0.1, 0.15) is 68.2 Å². The molecule has 2 aromatic heterocycles. The van der Waals surface area contributed by atoms with Gasteiger partial charge in [0, 0.05) is 10.9 Å². The predicted molar refractivity (Wildman–Crippen MR) is 118 cm³/mol. The van der Waals surface area contributed by atoms with E-state index in [1.165, 1.54) is 23.3 Å². The van der Waals surface area contributed by atoms with Gasteiger partial charge in [-0.25, -0.2) is 9.97 Å². The number of aryl methyl sites for hydroxylation is 1. The van der Waals surface area contributed by atoms with Gasteiger partial charge in [0.1, 0.15) is 17.3 Å². The third-order valence-corrected chi connectivity index (χ3v) is 7.55. The van der Waals surface area contributed by atoms with Crippen LogP contribution in [0.4, 0.5) is 0 Å². The Kier molecular flexibility index (Phi) is 8.02. The second-order valence-electron chi connectivity index (χ2n) is 8.45. The van der Waals surface area contributed by atoms with Gasteiger partial charge in [0.2, 0.25) is 5.88 Å². The number of thiophene rings is 1. The maximum atomic E-state index is 10.2. The summed E-state index contributed by atoms with van der Waals surface area (Å²) in [7, 11) is 4.33. The molecule has 0 aliphatic heterocycles. The predicted octanol–water partition coefficient (Wildman–Crippen LogP) is 3.83. The van der Waals surface area contributed by atoms with Gasteiger partial charge in [-0.15, -0.1) is 11.3 Å². The highest BCUT2D eigenvalue weighted by Gasteiger charge is 2.32. The van der Waals surface area contributed by atoms with E-state index in [2.05, 4.69) is 29.0 Å². The molecule has 1 saturated carbocycles. The van der Waals surface area contributed by atoms with E-state index in [9.17, 15) is 5.11 Å². The van der Waals surface area contributed by atoms with Crippen molar-refractivity contribution in [2.45, 2.75) is 82.5 Å². The van der Waals surface area contributed by atoms with Gasteiger partial charge >= 0.3 is 0 Å². The van der Waals surface area contributed by atoms with E-state index in [0.717, 1.165) is 54.6 Å². The molecule has 0 bridgehead atoms. The Morgan fingerprint density at radius 1 is 1.27 bits per heavy atom. The molecule has 0 amide bonds. The number of aliphatic hydroxyl groups is 1. The molecule has 2 aromatic rings. The van der Waals surface area contributed by atoms with Gasteiger partial charge in [-0.3, -0.25) is 4.79 Å². The number of nitrogens with zero attached hydrogens (tertiary/aromatic N) is 3. The molecule has 0 saturated heterocycles. The number of ether oxygens (including phenoxy) is 1. The molecule has 7 nitrogen and oxygen atoms in total. The highest BCUT2D eigenvalue weighted by molar-refractivity contribution is 7.19. The molecule has 0 spiro atoms. The Labute approximate surface area is 182 Å². The van der Waals surface area contributed by atoms with Crippen LogP contribution in [-0.4, -0.2) is 63.9 Å². The summed E-state index contributed by atoms with van der Waals surface area (Å²) in [6.07, 6.45) is 10.0. The highest BCUT2D eigenvalue weighted by atomic mass is 32.1. The molecule has 2 aliphatic rings. The van der Waals surface area contributed by atoms with Crippen LogP contribution in [0.25, 0.3) is 10.2 Å². The lowest BCUT2D eigenvalue weighted by Crippen LogP contribution is -2.35. The largest absolute Gasteiger partial charge is 0.483 e. The molecule has 2 heterocycles. The van der Waals surface area contributed by atoms with Gasteiger partial charge in [-0.1, -0.05) is 6.92 Å². The van der Waals surface area contributed by atoms with Crippen LogP contribution in [0, 0.1) is 0 Å². The molecule has 2 atom stereocenters. The van der Waals surface area contributed by atoms with Gasteiger partial charge in [0.05, 0.1) is 11.5 Å². The van der Waals surface area contributed by atoms with E-state index in [-0.39, 0.29) is 18.7 Å². The zero-order chi connectivity index (χ0) is 21.7.